The molecule has 2 bridgehead atoms. The van der Waals surface area contributed by atoms with Gasteiger partial charge in [0.05, 0.1) is 20.1 Å². The third-order valence-electron chi connectivity index (χ3n) is 5.72. The fraction of sp³-hybridized carbons (Fsp3) is 0.429. The van der Waals surface area contributed by atoms with Gasteiger partial charge in [0.1, 0.15) is 5.60 Å². The van der Waals surface area contributed by atoms with Crippen LogP contribution in [0.4, 0.5) is 0 Å². The van der Waals surface area contributed by atoms with Crippen molar-refractivity contribution in [2.75, 3.05) is 21.3 Å². The minimum atomic E-state index is -1.07. The Kier molecular flexibility index (Phi) is 4.76. The first-order chi connectivity index (χ1) is 12.4. The van der Waals surface area contributed by atoms with Crippen LogP contribution in [0.3, 0.4) is 0 Å². The zero-order valence-electron chi connectivity index (χ0n) is 15.6. The van der Waals surface area contributed by atoms with Crippen LogP contribution in [0.2, 0.25) is 0 Å². The second kappa shape index (κ2) is 6.72. The van der Waals surface area contributed by atoms with Gasteiger partial charge in [0.25, 0.3) is 0 Å². The number of allylic oxidation sites excluding steroid dienone is 2. The topological polar surface area (TPSA) is 61.8 Å². The van der Waals surface area contributed by atoms with Gasteiger partial charge in [-0.1, -0.05) is 19.1 Å². The largest absolute Gasteiger partial charge is 0.493 e. The average Bonchev–Trinajstić information content (AvgIpc) is 2.81. The maximum absolute atomic E-state index is 13.1. The van der Waals surface area contributed by atoms with Gasteiger partial charge < -0.3 is 14.2 Å². The van der Waals surface area contributed by atoms with Crippen molar-refractivity contribution in [3.8, 4) is 11.5 Å². The summed E-state index contributed by atoms with van der Waals surface area (Å²) in [6, 6.07) is 5.54. The molecule has 0 saturated heterocycles. The van der Waals surface area contributed by atoms with Crippen LogP contribution >= 0.6 is 0 Å². The number of ether oxygens (including phenoxy) is 3. The molecule has 5 nitrogen and oxygen atoms in total. The fourth-order valence-corrected chi connectivity index (χ4v) is 4.40. The summed E-state index contributed by atoms with van der Waals surface area (Å²) in [4.78, 5) is 26.1. The quantitative estimate of drug-likeness (QED) is 0.579. The molecule has 2 aliphatic carbocycles. The molecule has 0 heterocycles. The van der Waals surface area contributed by atoms with Crippen LogP contribution in [0.5, 0.6) is 11.5 Å². The zero-order chi connectivity index (χ0) is 19.1. The molecule has 26 heavy (non-hydrogen) atoms. The van der Waals surface area contributed by atoms with E-state index in [1.54, 1.807) is 32.4 Å². The van der Waals surface area contributed by atoms with Gasteiger partial charge >= 0.3 is 0 Å². The van der Waals surface area contributed by atoms with E-state index in [4.69, 9.17) is 14.2 Å². The van der Waals surface area contributed by atoms with Gasteiger partial charge in [-0.05, 0) is 35.8 Å². The summed E-state index contributed by atoms with van der Waals surface area (Å²) in [6.45, 7) is 5.68. The van der Waals surface area contributed by atoms with Crippen LogP contribution < -0.4 is 9.47 Å². The molecule has 4 atom stereocenters. The molecule has 138 valence electrons. The monoisotopic (exact) mass is 356 g/mol. The highest BCUT2D eigenvalue weighted by Crippen LogP contribution is 2.54. The summed E-state index contributed by atoms with van der Waals surface area (Å²) in [5.41, 5.74) is 0.393. The van der Waals surface area contributed by atoms with Crippen LogP contribution in [-0.4, -0.2) is 38.5 Å². The molecule has 0 radical (unpaired) electrons. The molecular weight excluding hydrogens is 332 g/mol. The molecule has 5 heteroatoms. The molecule has 1 aromatic carbocycles. The van der Waals surface area contributed by atoms with Crippen molar-refractivity contribution >= 4 is 11.6 Å². The molecule has 0 N–H and O–H groups in total. The van der Waals surface area contributed by atoms with Gasteiger partial charge in [-0.2, -0.15) is 0 Å². The van der Waals surface area contributed by atoms with Gasteiger partial charge in [-0.3, -0.25) is 9.59 Å². The first-order valence-corrected chi connectivity index (χ1v) is 8.63. The first kappa shape index (κ1) is 18.4. The third-order valence-corrected chi connectivity index (χ3v) is 5.72. The summed E-state index contributed by atoms with van der Waals surface area (Å²) in [5, 5.41) is 0. The Labute approximate surface area is 153 Å². The maximum atomic E-state index is 13.1. The number of carbonyl (C=O) groups is 2. The Morgan fingerprint density at radius 1 is 1.15 bits per heavy atom. The molecule has 0 unspecified atom stereocenters. The normalized spacial score (nSPS) is 30.2. The predicted molar refractivity (Wildman–Crippen MR) is 97.6 cm³/mol. The molecule has 2 aliphatic rings. The molecule has 1 aromatic rings. The Balaban J connectivity index is 2.13. The standard InChI is InChI=1S/C21H24O5/c1-6-7-14-11-21(26-5)12(2)17(18(19(14)22)20(21)23)13-8-9-15(24-3)16(10-13)25-4/h6,8-12,17-18H,1,7H2,2-5H3/t12-,17+,18-,21+/m1/s1. The van der Waals surface area contributed by atoms with Gasteiger partial charge in [0.2, 0.25) is 0 Å². The van der Waals surface area contributed by atoms with Gasteiger partial charge in [-0.25, -0.2) is 0 Å². The van der Waals surface area contributed by atoms with Crippen LogP contribution in [-0.2, 0) is 14.3 Å². The van der Waals surface area contributed by atoms with Crippen molar-refractivity contribution < 1.29 is 23.8 Å². The highest BCUT2D eigenvalue weighted by Gasteiger charge is 2.63. The molecular formula is C21H24O5. The lowest BCUT2D eigenvalue weighted by Gasteiger charge is -2.30. The number of methoxy groups -OCH3 is 3. The lowest BCUT2D eigenvalue weighted by Crippen LogP contribution is -2.45. The molecule has 0 amide bonds. The number of hydrogen-bond acceptors (Lipinski definition) is 5. The number of carbonyl (C=O) groups excluding carboxylic acids is 2. The van der Waals surface area contributed by atoms with Gasteiger partial charge in [0, 0.05) is 18.9 Å². The predicted octanol–water partition coefficient (Wildman–Crippen LogP) is 3.09. The fourth-order valence-electron chi connectivity index (χ4n) is 4.40. The van der Waals surface area contributed by atoms with E-state index in [2.05, 4.69) is 6.58 Å². The minimum Gasteiger partial charge on any atom is -0.493 e. The number of benzene rings is 1. The van der Waals surface area contributed by atoms with E-state index in [-0.39, 0.29) is 23.4 Å². The lowest BCUT2D eigenvalue weighted by molar-refractivity contribution is -0.141. The molecule has 0 spiro atoms. The smallest absolute Gasteiger partial charge is 0.180 e. The van der Waals surface area contributed by atoms with Crippen LogP contribution in [0.1, 0.15) is 24.8 Å². The zero-order valence-corrected chi connectivity index (χ0v) is 15.6. The molecule has 1 saturated carbocycles. The molecule has 1 fully saturated rings. The number of hydrogen-bond donors (Lipinski definition) is 0. The Bertz CT molecular complexity index is 794. The van der Waals surface area contributed by atoms with Crippen molar-refractivity contribution in [3.05, 3.63) is 48.1 Å². The summed E-state index contributed by atoms with van der Waals surface area (Å²) >= 11 is 0. The molecule has 3 rings (SSSR count). The number of Topliss-reactive ketones (excluding diaryl/α,β-unsaturated/α-hetero) is 2. The second-order valence-electron chi connectivity index (χ2n) is 6.79. The molecule has 0 aliphatic heterocycles. The first-order valence-electron chi connectivity index (χ1n) is 8.63. The Hall–Kier alpha value is -2.40. The van der Waals surface area contributed by atoms with Crippen molar-refractivity contribution in [1.82, 2.24) is 0 Å². The van der Waals surface area contributed by atoms with Crippen molar-refractivity contribution in [2.45, 2.75) is 24.9 Å². The van der Waals surface area contributed by atoms with E-state index in [0.29, 0.717) is 23.5 Å². The van der Waals surface area contributed by atoms with E-state index in [1.807, 2.05) is 19.1 Å². The van der Waals surface area contributed by atoms with Crippen molar-refractivity contribution in [2.24, 2.45) is 11.8 Å². The lowest BCUT2D eigenvalue weighted by atomic mass is 9.80. The number of rotatable bonds is 6. The Morgan fingerprint density at radius 3 is 2.42 bits per heavy atom. The number of fused-ring (bicyclic) bond motifs is 2. The summed E-state index contributed by atoms with van der Waals surface area (Å²) in [6.07, 6.45) is 3.82. The van der Waals surface area contributed by atoms with Crippen LogP contribution in [0.25, 0.3) is 0 Å². The summed E-state index contributed by atoms with van der Waals surface area (Å²) < 4.78 is 16.4. The Morgan fingerprint density at radius 2 is 1.85 bits per heavy atom. The number of ketones is 2. The maximum Gasteiger partial charge on any atom is 0.180 e. The van der Waals surface area contributed by atoms with E-state index >= 15 is 0 Å². The van der Waals surface area contributed by atoms with E-state index in [9.17, 15) is 9.59 Å². The van der Waals surface area contributed by atoms with E-state index in [0.717, 1.165) is 5.56 Å². The summed E-state index contributed by atoms with van der Waals surface area (Å²) in [7, 11) is 4.66. The summed E-state index contributed by atoms with van der Waals surface area (Å²) in [5.74, 6) is -0.332. The van der Waals surface area contributed by atoms with Crippen LogP contribution in [0, 0.1) is 11.8 Å². The van der Waals surface area contributed by atoms with Crippen molar-refractivity contribution in [1.29, 1.82) is 0 Å². The third kappa shape index (κ3) is 2.42. The SMILES string of the molecule is C=CCC1=C[C@@]2(OC)C(=O)[C@@H](C1=O)[C@H](c1ccc(OC)c(OC)c1)[C@H]2C. The molecule has 0 aromatic heterocycles. The average molecular weight is 356 g/mol. The van der Waals surface area contributed by atoms with Crippen LogP contribution in [0.15, 0.2) is 42.5 Å². The second-order valence-corrected chi connectivity index (χ2v) is 6.79. The van der Waals surface area contributed by atoms with Crippen molar-refractivity contribution in [3.63, 3.8) is 0 Å². The van der Waals surface area contributed by atoms with Gasteiger partial charge in [0.15, 0.2) is 23.1 Å². The van der Waals surface area contributed by atoms with Gasteiger partial charge in [-0.15, -0.1) is 6.58 Å². The van der Waals surface area contributed by atoms with E-state index in [1.165, 1.54) is 7.11 Å². The minimum absolute atomic E-state index is 0.133. The van der Waals surface area contributed by atoms with E-state index < -0.39 is 11.5 Å². The highest BCUT2D eigenvalue weighted by molar-refractivity contribution is 6.19. The highest BCUT2D eigenvalue weighted by atomic mass is 16.5.